The normalized spacial score (nSPS) is 42.7. The molecule has 1 nitrogen and oxygen atoms in total. The molecule has 1 N–H and O–H groups in total. The molecule has 2 saturated carbocycles. The van der Waals surface area contributed by atoms with Gasteiger partial charge in [-0.2, -0.15) is 0 Å². The van der Waals surface area contributed by atoms with Gasteiger partial charge in [0.05, 0.1) is 6.10 Å². The Morgan fingerprint density at radius 1 is 1.03 bits per heavy atom. The van der Waals surface area contributed by atoms with Crippen LogP contribution in [0.1, 0.15) is 112 Å². The molecular weight excluding hydrogens is 352 g/mol. The molecular formula is C28H46O. The van der Waals surface area contributed by atoms with Crippen molar-refractivity contribution in [2.75, 3.05) is 0 Å². The van der Waals surface area contributed by atoms with Crippen LogP contribution in [0.4, 0.5) is 0 Å². The van der Waals surface area contributed by atoms with E-state index in [9.17, 15) is 5.11 Å². The quantitative estimate of drug-likeness (QED) is 0.478. The Morgan fingerprint density at radius 3 is 2.52 bits per heavy atom. The van der Waals surface area contributed by atoms with Crippen LogP contribution in [0.3, 0.4) is 0 Å². The van der Waals surface area contributed by atoms with Gasteiger partial charge in [-0.05, 0) is 114 Å². The zero-order valence-corrected chi connectivity index (χ0v) is 20.1. The van der Waals surface area contributed by atoms with Crippen LogP contribution in [0, 0.1) is 34.5 Å². The highest BCUT2D eigenvalue weighted by molar-refractivity contribution is 5.35. The van der Waals surface area contributed by atoms with Crippen LogP contribution in [-0.2, 0) is 0 Å². The second kappa shape index (κ2) is 7.85. The van der Waals surface area contributed by atoms with Crippen LogP contribution in [-0.4, -0.2) is 11.2 Å². The molecule has 0 spiro atoms. The van der Waals surface area contributed by atoms with E-state index in [1.165, 1.54) is 69.8 Å². The van der Waals surface area contributed by atoms with Crippen LogP contribution < -0.4 is 0 Å². The van der Waals surface area contributed by atoms with Gasteiger partial charge in [0.15, 0.2) is 0 Å². The molecule has 0 radical (unpaired) electrons. The van der Waals surface area contributed by atoms with E-state index in [0.717, 1.165) is 30.1 Å². The molecule has 4 aliphatic rings. The van der Waals surface area contributed by atoms with Crippen molar-refractivity contribution < 1.29 is 5.11 Å². The highest BCUT2D eigenvalue weighted by Gasteiger charge is 2.57. The molecule has 2 unspecified atom stereocenters. The van der Waals surface area contributed by atoms with Crippen LogP contribution in [0.25, 0.3) is 0 Å². The largest absolute Gasteiger partial charge is 0.392 e. The number of aliphatic hydroxyl groups is 1. The lowest BCUT2D eigenvalue weighted by molar-refractivity contribution is -0.0363. The Hall–Kier alpha value is -0.560. The zero-order valence-electron chi connectivity index (χ0n) is 20.1. The molecule has 0 amide bonds. The van der Waals surface area contributed by atoms with Gasteiger partial charge in [-0.15, -0.1) is 0 Å². The first-order valence-corrected chi connectivity index (χ1v) is 12.7. The van der Waals surface area contributed by atoms with E-state index in [0.29, 0.717) is 5.41 Å². The lowest BCUT2D eigenvalue weighted by Gasteiger charge is -2.56. The van der Waals surface area contributed by atoms with E-state index in [2.05, 4.69) is 41.5 Å². The maximum atomic E-state index is 11.1. The van der Waals surface area contributed by atoms with Gasteiger partial charge in [-0.1, -0.05) is 49.5 Å². The monoisotopic (exact) mass is 398 g/mol. The highest BCUT2D eigenvalue weighted by atomic mass is 16.3. The molecule has 0 aliphatic heterocycles. The Balaban J connectivity index is 1.57. The molecule has 4 rings (SSSR count). The molecule has 4 aliphatic carbocycles. The van der Waals surface area contributed by atoms with E-state index in [1.54, 1.807) is 11.1 Å². The number of hydrogen-bond acceptors (Lipinski definition) is 1. The number of allylic oxidation sites excluding steroid dienone is 3. The molecule has 0 aromatic rings. The van der Waals surface area contributed by atoms with E-state index < -0.39 is 0 Å². The third-order valence-electron chi connectivity index (χ3n) is 10.6. The topological polar surface area (TPSA) is 20.2 Å². The molecule has 164 valence electrons. The van der Waals surface area contributed by atoms with E-state index in [4.69, 9.17) is 0 Å². The lowest BCUT2D eigenvalue weighted by atomic mass is 9.50. The van der Waals surface area contributed by atoms with Crippen LogP contribution in [0.15, 0.2) is 22.3 Å². The predicted molar refractivity (Wildman–Crippen MR) is 124 cm³/mol. The number of aliphatic hydroxyl groups excluding tert-OH is 1. The molecule has 0 saturated heterocycles. The Morgan fingerprint density at radius 2 is 1.79 bits per heavy atom. The first-order valence-electron chi connectivity index (χ1n) is 12.7. The van der Waals surface area contributed by atoms with Gasteiger partial charge in [0.1, 0.15) is 0 Å². The summed E-state index contributed by atoms with van der Waals surface area (Å²) in [6.07, 6.45) is 14.3. The lowest BCUT2D eigenvalue weighted by Crippen LogP contribution is -2.49. The highest BCUT2D eigenvalue weighted by Crippen LogP contribution is 2.66. The fraction of sp³-hybridized carbons (Fsp3) is 0.857. The van der Waals surface area contributed by atoms with Crippen LogP contribution in [0.2, 0.25) is 0 Å². The summed E-state index contributed by atoms with van der Waals surface area (Å²) in [5, 5.41) is 11.1. The predicted octanol–water partition coefficient (Wildman–Crippen LogP) is 7.84. The van der Waals surface area contributed by atoms with Crippen molar-refractivity contribution in [1.29, 1.82) is 0 Å². The average molecular weight is 399 g/mol. The summed E-state index contributed by atoms with van der Waals surface area (Å²) < 4.78 is 0. The molecule has 0 aromatic carbocycles. The standard InChI is InChI=1S/C28H46O/c1-18(2)19(3)10-11-20(4)23-14-15-24-22-13-12-21-8-7-9-26(29)28(21,6)25(22)16-17-27(23,24)5/h20-21,23-24,26,29H,7-17H2,1-6H3/t20-,21?,23-,24+,26?,27-,28+/m1/s1. The fourth-order valence-electron chi connectivity index (χ4n) is 8.38. The first kappa shape index (κ1) is 21.7. The first-order chi connectivity index (χ1) is 13.7. The second-order valence-electron chi connectivity index (χ2n) is 12.0. The van der Waals surface area contributed by atoms with Crippen molar-refractivity contribution in [3.8, 4) is 0 Å². The van der Waals surface area contributed by atoms with E-state index in [-0.39, 0.29) is 11.5 Å². The third kappa shape index (κ3) is 3.38. The van der Waals surface area contributed by atoms with E-state index >= 15 is 0 Å². The maximum Gasteiger partial charge on any atom is 0.0633 e. The van der Waals surface area contributed by atoms with Gasteiger partial charge in [-0.25, -0.2) is 0 Å². The van der Waals surface area contributed by atoms with Gasteiger partial charge in [0.2, 0.25) is 0 Å². The molecule has 29 heavy (non-hydrogen) atoms. The Labute approximate surface area is 180 Å². The maximum absolute atomic E-state index is 11.1. The molecule has 0 heterocycles. The minimum Gasteiger partial charge on any atom is -0.392 e. The number of rotatable bonds is 4. The van der Waals surface area contributed by atoms with Crippen molar-refractivity contribution in [1.82, 2.24) is 0 Å². The molecule has 0 bridgehead atoms. The second-order valence-corrected chi connectivity index (χ2v) is 12.0. The van der Waals surface area contributed by atoms with Crippen molar-refractivity contribution >= 4 is 0 Å². The van der Waals surface area contributed by atoms with Crippen LogP contribution >= 0.6 is 0 Å². The summed E-state index contributed by atoms with van der Waals surface area (Å²) in [6, 6.07) is 0. The van der Waals surface area contributed by atoms with Crippen molar-refractivity contribution in [2.24, 2.45) is 34.5 Å². The average Bonchev–Trinajstić information content (AvgIpc) is 3.04. The molecule has 2 fully saturated rings. The van der Waals surface area contributed by atoms with Crippen molar-refractivity contribution in [3.05, 3.63) is 22.3 Å². The summed E-state index contributed by atoms with van der Waals surface area (Å²) in [6.45, 7) is 14.5. The van der Waals surface area contributed by atoms with Gasteiger partial charge < -0.3 is 5.11 Å². The summed E-state index contributed by atoms with van der Waals surface area (Å²) in [4.78, 5) is 0. The van der Waals surface area contributed by atoms with Gasteiger partial charge in [-0.3, -0.25) is 0 Å². The Bertz CT molecular complexity index is 695. The summed E-state index contributed by atoms with van der Waals surface area (Å²) in [7, 11) is 0. The van der Waals surface area contributed by atoms with Gasteiger partial charge >= 0.3 is 0 Å². The van der Waals surface area contributed by atoms with Gasteiger partial charge in [0, 0.05) is 5.41 Å². The zero-order chi connectivity index (χ0) is 21.0. The smallest absolute Gasteiger partial charge is 0.0633 e. The summed E-state index contributed by atoms with van der Waals surface area (Å²) >= 11 is 0. The van der Waals surface area contributed by atoms with Crippen LogP contribution in [0.5, 0.6) is 0 Å². The SMILES string of the molecule is CC(C)=C(C)CC[C@@H](C)[C@H]1CC[C@H]2C3=C(CC[C@]12C)[C@@]1(C)C(O)CCCC1CC3. The number of fused-ring (bicyclic) bond motifs is 4. The molecule has 1 heteroatoms. The van der Waals surface area contributed by atoms with Crippen molar-refractivity contribution in [2.45, 2.75) is 118 Å². The van der Waals surface area contributed by atoms with Gasteiger partial charge in [0.25, 0.3) is 0 Å². The third-order valence-corrected chi connectivity index (χ3v) is 10.6. The fourth-order valence-corrected chi connectivity index (χ4v) is 8.38. The van der Waals surface area contributed by atoms with E-state index in [1.807, 2.05) is 5.57 Å². The van der Waals surface area contributed by atoms with Crippen molar-refractivity contribution in [3.63, 3.8) is 0 Å². The summed E-state index contributed by atoms with van der Waals surface area (Å²) in [5.41, 5.74) is 7.27. The number of hydrogen-bond donors (Lipinski definition) is 1. The summed E-state index contributed by atoms with van der Waals surface area (Å²) in [5.74, 6) is 3.25. The molecule has 7 atom stereocenters. The minimum absolute atomic E-state index is 0.0947. The molecule has 0 aromatic heterocycles. The Kier molecular flexibility index (Phi) is 5.86. The minimum atomic E-state index is -0.0981.